The summed E-state index contributed by atoms with van der Waals surface area (Å²) >= 11 is 0. The van der Waals surface area contributed by atoms with E-state index in [2.05, 4.69) is 16.2 Å². The molecule has 4 heteroatoms. The highest BCUT2D eigenvalue weighted by atomic mass is 16.2. The molecule has 0 aromatic carbocycles. The van der Waals surface area contributed by atoms with Gasteiger partial charge in [0.15, 0.2) is 0 Å². The van der Waals surface area contributed by atoms with E-state index in [1.165, 1.54) is 0 Å². The van der Waals surface area contributed by atoms with Crippen LogP contribution in [0.3, 0.4) is 0 Å². The first-order valence-electron chi connectivity index (χ1n) is 4.62. The fourth-order valence-corrected chi connectivity index (χ4v) is 1.96. The van der Waals surface area contributed by atoms with Gasteiger partial charge in [-0.15, -0.1) is 0 Å². The highest BCUT2D eigenvalue weighted by molar-refractivity contribution is 5.86. The Balaban J connectivity index is 2.13. The molecule has 2 rings (SSSR count). The van der Waals surface area contributed by atoms with E-state index in [1.54, 1.807) is 0 Å². The molecule has 1 amide bonds. The van der Waals surface area contributed by atoms with Crippen molar-refractivity contribution in [2.45, 2.75) is 31.2 Å². The average molecular weight is 169 g/mol. The molecule has 12 heavy (non-hydrogen) atoms. The molecular formula is C8H15N3O. The molecule has 68 valence electrons. The minimum atomic E-state index is -0.295. The molecule has 2 fully saturated rings. The van der Waals surface area contributed by atoms with Crippen LogP contribution in [-0.4, -0.2) is 24.5 Å². The van der Waals surface area contributed by atoms with Crippen molar-refractivity contribution in [1.29, 1.82) is 0 Å². The summed E-state index contributed by atoms with van der Waals surface area (Å²) in [6.45, 7) is 1.73. The Labute approximate surface area is 72.1 Å². The second-order valence-electron chi connectivity index (χ2n) is 3.60. The van der Waals surface area contributed by atoms with Crippen molar-refractivity contribution < 1.29 is 4.79 Å². The van der Waals surface area contributed by atoms with Gasteiger partial charge in [0.05, 0.1) is 0 Å². The van der Waals surface area contributed by atoms with Crippen molar-refractivity contribution >= 4 is 5.91 Å². The average Bonchev–Trinajstić information content (AvgIpc) is 2.45. The van der Waals surface area contributed by atoms with Crippen LogP contribution in [0.5, 0.6) is 0 Å². The fraction of sp³-hybridized carbons (Fsp3) is 0.875. The quantitative estimate of drug-likeness (QED) is 0.459. The van der Waals surface area contributed by atoms with Crippen LogP contribution in [0, 0.1) is 0 Å². The van der Waals surface area contributed by atoms with Gasteiger partial charge in [-0.25, -0.2) is 5.43 Å². The molecule has 0 radical (unpaired) electrons. The molecule has 2 aliphatic heterocycles. The Hall–Kier alpha value is -0.610. The summed E-state index contributed by atoms with van der Waals surface area (Å²) in [6, 6.07) is 0. The van der Waals surface area contributed by atoms with Crippen LogP contribution in [0.4, 0.5) is 0 Å². The zero-order valence-electron chi connectivity index (χ0n) is 7.15. The topological polar surface area (TPSA) is 53.2 Å². The van der Waals surface area contributed by atoms with Gasteiger partial charge in [-0.1, -0.05) is 0 Å². The van der Waals surface area contributed by atoms with Crippen molar-refractivity contribution in [2.75, 3.05) is 13.1 Å². The zero-order chi connectivity index (χ0) is 8.44. The minimum absolute atomic E-state index is 0.171. The van der Waals surface area contributed by atoms with Crippen LogP contribution < -0.4 is 16.2 Å². The fourth-order valence-electron chi connectivity index (χ4n) is 1.96. The van der Waals surface area contributed by atoms with Crippen LogP contribution >= 0.6 is 0 Å². The maximum absolute atomic E-state index is 11.6. The van der Waals surface area contributed by atoms with E-state index < -0.39 is 0 Å². The van der Waals surface area contributed by atoms with Gasteiger partial charge in [-0.2, -0.15) is 0 Å². The molecule has 2 aliphatic rings. The molecule has 0 saturated carbocycles. The molecule has 0 aromatic heterocycles. The van der Waals surface area contributed by atoms with E-state index in [1.807, 2.05) is 0 Å². The van der Waals surface area contributed by atoms with Crippen LogP contribution in [0.25, 0.3) is 0 Å². The Morgan fingerprint density at radius 3 is 2.83 bits per heavy atom. The Morgan fingerprint density at radius 2 is 2.08 bits per heavy atom. The number of carbonyl (C=O) groups excluding carboxylic acids is 1. The number of amides is 1. The lowest BCUT2D eigenvalue weighted by Gasteiger charge is -2.24. The molecule has 1 atom stereocenters. The van der Waals surface area contributed by atoms with E-state index in [4.69, 9.17) is 0 Å². The second-order valence-corrected chi connectivity index (χ2v) is 3.60. The molecule has 2 saturated heterocycles. The lowest BCUT2D eigenvalue weighted by atomic mass is 9.91. The Bertz CT molecular complexity index is 187. The molecule has 0 aromatic rings. The maximum atomic E-state index is 11.6. The Morgan fingerprint density at radius 1 is 1.17 bits per heavy atom. The normalized spacial score (nSPS) is 36.5. The third kappa shape index (κ3) is 1.21. The van der Waals surface area contributed by atoms with E-state index >= 15 is 0 Å². The van der Waals surface area contributed by atoms with E-state index in [0.717, 1.165) is 38.8 Å². The smallest absolute Gasteiger partial charge is 0.241 e. The monoisotopic (exact) mass is 169 g/mol. The van der Waals surface area contributed by atoms with Crippen molar-refractivity contribution in [3.63, 3.8) is 0 Å². The molecule has 3 N–H and O–H groups in total. The van der Waals surface area contributed by atoms with Gasteiger partial charge < -0.3 is 5.32 Å². The predicted molar refractivity (Wildman–Crippen MR) is 45.3 cm³/mol. The SMILES string of the molecule is O=C1NCCCCC12CCNN2. The van der Waals surface area contributed by atoms with Gasteiger partial charge in [-0.3, -0.25) is 10.2 Å². The predicted octanol–water partition coefficient (Wildman–Crippen LogP) is -0.477. The maximum Gasteiger partial charge on any atom is 0.241 e. The van der Waals surface area contributed by atoms with Crippen LogP contribution in [0.1, 0.15) is 25.7 Å². The summed E-state index contributed by atoms with van der Waals surface area (Å²) in [5.41, 5.74) is 5.83. The first-order valence-corrected chi connectivity index (χ1v) is 4.62. The molecule has 4 nitrogen and oxygen atoms in total. The molecule has 1 spiro atoms. The largest absolute Gasteiger partial charge is 0.354 e. The van der Waals surface area contributed by atoms with E-state index in [-0.39, 0.29) is 11.4 Å². The van der Waals surface area contributed by atoms with Gasteiger partial charge in [0.1, 0.15) is 5.54 Å². The van der Waals surface area contributed by atoms with E-state index in [0.29, 0.717) is 0 Å². The number of rotatable bonds is 0. The number of carbonyl (C=O) groups is 1. The van der Waals surface area contributed by atoms with Gasteiger partial charge in [-0.05, 0) is 25.7 Å². The van der Waals surface area contributed by atoms with Gasteiger partial charge >= 0.3 is 0 Å². The lowest BCUT2D eigenvalue weighted by molar-refractivity contribution is -0.127. The summed E-state index contributed by atoms with van der Waals surface area (Å²) in [4.78, 5) is 11.6. The van der Waals surface area contributed by atoms with Crippen LogP contribution in [0.2, 0.25) is 0 Å². The number of hydrogen-bond acceptors (Lipinski definition) is 3. The summed E-state index contributed by atoms with van der Waals surface area (Å²) < 4.78 is 0. The number of hydrogen-bond donors (Lipinski definition) is 3. The summed E-state index contributed by atoms with van der Waals surface area (Å²) in [5, 5.41) is 2.94. The molecule has 2 heterocycles. The highest BCUT2D eigenvalue weighted by Crippen LogP contribution is 2.23. The standard InChI is InChI=1S/C8H15N3O/c12-7-8(4-6-10-11-8)3-1-2-5-9-7/h10-11H,1-6H2,(H,9,12). The highest BCUT2D eigenvalue weighted by Gasteiger charge is 2.41. The van der Waals surface area contributed by atoms with Crippen LogP contribution in [0.15, 0.2) is 0 Å². The Kier molecular flexibility index (Phi) is 2.02. The van der Waals surface area contributed by atoms with Gasteiger partial charge in [0.2, 0.25) is 5.91 Å². The first kappa shape index (κ1) is 8.01. The number of hydrazine groups is 1. The molecule has 1 unspecified atom stereocenters. The van der Waals surface area contributed by atoms with Crippen molar-refractivity contribution in [3.05, 3.63) is 0 Å². The number of nitrogens with one attached hydrogen (secondary N) is 3. The van der Waals surface area contributed by atoms with Crippen molar-refractivity contribution in [3.8, 4) is 0 Å². The van der Waals surface area contributed by atoms with Gasteiger partial charge in [0, 0.05) is 13.1 Å². The molecule has 0 aliphatic carbocycles. The van der Waals surface area contributed by atoms with Crippen LogP contribution in [-0.2, 0) is 4.79 Å². The van der Waals surface area contributed by atoms with E-state index in [9.17, 15) is 4.79 Å². The summed E-state index contributed by atoms with van der Waals surface area (Å²) in [7, 11) is 0. The third-order valence-corrected chi connectivity index (χ3v) is 2.75. The lowest BCUT2D eigenvalue weighted by Crippen LogP contribution is -2.54. The first-order chi connectivity index (χ1) is 5.83. The molecule has 0 bridgehead atoms. The zero-order valence-corrected chi connectivity index (χ0v) is 7.15. The third-order valence-electron chi connectivity index (χ3n) is 2.75. The summed E-state index contributed by atoms with van der Waals surface area (Å²) in [5.74, 6) is 0.171. The van der Waals surface area contributed by atoms with Crippen molar-refractivity contribution in [2.24, 2.45) is 0 Å². The summed E-state index contributed by atoms with van der Waals surface area (Å²) in [6.07, 6.45) is 4.12. The van der Waals surface area contributed by atoms with Gasteiger partial charge in [0.25, 0.3) is 0 Å². The second kappa shape index (κ2) is 3.03. The minimum Gasteiger partial charge on any atom is -0.354 e. The molecular weight excluding hydrogens is 154 g/mol. The van der Waals surface area contributed by atoms with Crippen molar-refractivity contribution in [1.82, 2.24) is 16.2 Å².